The Morgan fingerprint density at radius 3 is 2.65 bits per heavy atom. The van der Waals surface area contributed by atoms with Gasteiger partial charge in [-0.15, -0.1) is 0 Å². The highest BCUT2D eigenvalue weighted by Gasteiger charge is 2.30. The van der Waals surface area contributed by atoms with Crippen molar-refractivity contribution in [2.45, 2.75) is 25.7 Å². The Morgan fingerprint density at radius 1 is 1.15 bits per heavy atom. The van der Waals surface area contributed by atoms with Gasteiger partial charge in [0.15, 0.2) is 5.78 Å². The standard InChI is InChI=1S/C20H24N4O2/c1-2-23-7-9-24(10-8-23)20-21-13-16-17(22-20)11-14(12-19(16)26)15-5-3-4-6-18(15)25/h3-6,13-14,25H,2,7-12H2,1H3/t14-/m1/s1. The fourth-order valence-corrected chi connectivity index (χ4v) is 3.90. The Kier molecular flexibility index (Phi) is 4.59. The van der Waals surface area contributed by atoms with Crippen LogP contribution in [0.2, 0.25) is 0 Å². The van der Waals surface area contributed by atoms with E-state index in [1.165, 1.54) is 0 Å². The van der Waals surface area contributed by atoms with E-state index in [-0.39, 0.29) is 17.5 Å². The van der Waals surface area contributed by atoms with Crippen LogP contribution in [0.4, 0.5) is 5.95 Å². The lowest BCUT2D eigenvalue weighted by molar-refractivity contribution is 0.0962. The zero-order chi connectivity index (χ0) is 18.1. The Hall–Kier alpha value is -2.47. The minimum absolute atomic E-state index is 0.0316. The lowest BCUT2D eigenvalue weighted by Gasteiger charge is -2.34. The molecule has 1 aromatic heterocycles. The molecule has 6 heteroatoms. The number of aromatic hydroxyl groups is 1. The summed E-state index contributed by atoms with van der Waals surface area (Å²) < 4.78 is 0. The van der Waals surface area contributed by atoms with Crippen molar-refractivity contribution in [1.82, 2.24) is 14.9 Å². The molecule has 0 radical (unpaired) electrons. The van der Waals surface area contributed by atoms with Crippen LogP contribution in [-0.2, 0) is 6.42 Å². The Labute approximate surface area is 153 Å². The maximum absolute atomic E-state index is 12.6. The molecule has 1 aromatic carbocycles. The fraction of sp³-hybridized carbons (Fsp3) is 0.450. The summed E-state index contributed by atoms with van der Waals surface area (Å²) in [5.41, 5.74) is 2.26. The number of fused-ring (bicyclic) bond motifs is 1. The van der Waals surface area contributed by atoms with Crippen molar-refractivity contribution in [3.05, 3.63) is 47.3 Å². The monoisotopic (exact) mass is 352 g/mol. The molecule has 1 aliphatic heterocycles. The van der Waals surface area contributed by atoms with E-state index in [4.69, 9.17) is 4.98 Å². The zero-order valence-corrected chi connectivity index (χ0v) is 15.1. The molecule has 1 aliphatic carbocycles. The van der Waals surface area contributed by atoms with Crippen LogP contribution < -0.4 is 4.90 Å². The minimum Gasteiger partial charge on any atom is -0.508 e. The second-order valence-corrected chi connectivity index (χ2v) is 7.04. The molecule has 0 bridgehead atoms. The third-order valence-electron chi connectivity index (χ3n) is 5.51. The summed E-state index contributed by atoms with van der Waals surface area (Å²) in [5, 5.41) is 10.1. The second-order valence-electron chi connectivity index (χ2n) is 7.04. The third kappa shape index (κ3) is 3.17. The minimum atomic E-state index is -0.0316. The van der Waals surface area contributed by atoms with Gasteiger partial charge in [0.05, 0.1) is 11.3 Å². The molecule has 1 fully saturated rings. The normalized spacial score (nSPS) is 20.9. The number of benzene rings is 1. The van der Waals surface area contributed by atoms with E-state index < -0.39 is 0 Å². The average Bonchev–Trinajstić information content (AvgIpc) is 2.68. The number of likely N-dealkylation sites (N-methyl/N-ethyl adjacent to an activating group) is 1. The van der Waals surface area contributed by atoms with Crippen LogP contribution in [0.25, 0.3) is 0 Å². The average molecular weight is 352 g/mol. The SMILES string of the molecule is CCN1CCN(c2ncc3c(n2)C[C@@H](c2ccccc2O)CC3=O)CC1. The molecular formula is C20H24N4O2. The lowest BCUT2D eigenvalue weighted by atomic mass is 9.82. The number of carbonyl (C=O) groups is 1. The van der Waals surface area contributed by atoms with Crippen LogP contribution in [0.15, 0.2) is 30.5 Å². The number of phenols is 1. The van der Waals surface area contributed by atoms with Crippen LogP contribution >= 0.6 is 0 Å². The van der Waals surface area contributed by atoms with Gasteiger partial charge in [0.1, 0.15) is 5.75 Å². The van der Waals surface area contributed by atoms with E-state index in [2.05, 4.69) is 21.7 Å². The molecular weight excluding hydrogens is 328 g/mol. The summed E-state index contributed by atoms with van der Waals surface area (Å²) in [5.74, 6) is 0.988. The van der Waals surface area contributed by atoms with Crippen molar-refractivity contribution in [3.8, 4) is 5.75 Å². The van der Waals surface area contributed by atoms with Crippen LogP contribution in [0.3, 0.4) is 0 Å². The molecule has 1 atom stereocenters. The van der Waals surface area contributed by atoms with Crippen LogP contribution in [0.5, 0.6) is 5.75 Å². The first-order valence-electron chi connectivity index (χ1n) is 9.30. The Bertz CT molecular complexity index is 815. The predicted octanol–water partition coefficient (Wildman–Crippen LogP) is 2.24. The quantitative estimate of drug-likeness (QED) is 0.914. The largest absolute Gasteiger partial charge is 0.508 e. The summed E-state index contributed by atoms with van der Waals surface area (Å²) in [6.45, 7) is 7.07. The molecule has 4 rings (SSSR count). The van der Waals surface area contributed by atoms with E-state index in [0.717, 1.165) is 44.0 Å². The van der Waals surface area contributed by atoms with Gasteiger partial charge in [-0.1, -0.05) is 25.1 Å². The molecule has 1 saturated heterocycles. The zero-order valence-electron chi connectivity index (χ0n) is 15.1. The van der Waals surface area contributed by atoms with E-state index in [1.54, 1.807) is 18.3 Å². The molecule has 0 spiro atoms. The number of anilines is 1. The van der Waals surface area contributed by atoms with Gasteiger partial charge in [-0.25, -0.2) is 9.97 Å². The van der Waals surface area contributed by atoms with Gasteiger partial charge in [0, 0.05) is 44.7 Å². The predicted molar refractivity (Wildman–Crippen MR) is 99.9 cm³/mol. The van der Waals surface area contributed by atoms with Crippen molar-refractivity contribution in [2.75, 3.05) is 37.6 Å². The molecule has 0 saturated carbocycles. The highest BCUT2D eigenvalue weighted by atomic mass is 16.3. The summed E-state index contributed by atoms with van der Waals surface area (Å²) in [6.07, 6.45) is 2.73. The second kappa shape index (κ2) is 7.03. The van der Waals surface area contributed by atoms with E-state index >= 15 is 0 Å². The van der Waals surface area contributed by atoms with Crippen LogP contribution in [0, 0.1) is 0 Å². The molecule has 26 heavy (non-hydrogen) atoms. The lowest BCUT2D eigenvalue weighted by Crippen LogP contribution is -2.46. The van der Waals surface area contributed by atoms with Crippen LogP contribution in [0.1, 0.15) is 40.9 Å². The fourth-order valence-electron chi connectivity index (χ4n) is 3.90. The van der Waals surface area contributed by atoms with Crippen molar-refractivity contribution in [2.24, 2.45) is 0 Å². The molecule has 2 heterocycles. The highest BCUT2D eigenvalue weighted by molar-refractivity contribution is 5.98. The first-order valence-corrected chi connectivity index (χ1v) is 9.30. The maximum atomic E-state index is 12.6. The molecule has 1 N–H and O–H groups in total. The Balaban J connectivity index is 1.58. The first-order chi connectivity index (χ1) is 12.7. The molecule has 136 valence electrons. The van der Waals surface area contributed by atoms with Gasteiger partial charge in [0.2, 0.25) is 5.95 Å². The van der Waals surface area contributed by atoms with Gasteiger partial charge in [-0.3, -0.25) is 4.79 Å². The number of aromatic nitrogens is 2. The van der Waals surface area contributed by atoms with E-state index in [0.29, 0.717) is 24.4 Å². The maximum Gasteiger partial charge on any atom is 0.225 e. The van der Waals surface area contributed by atoms with Crippen molar-refractivity contribution >= 4 is 11.7 Å². The molecule has 0 unspecified atom stereocenters. The van der Waals surface area contributed by atoms with E-state index in [1.807, 2.05) is 12.1 Å². The number of hydrogen-bond acceptors (Lipinski definition) is 6. The first kappa shape index (κ1) is 17.0. The number of nitrogens with zero attached hydrogens (tertiary/aromatic N) is 4. The Morgan fingerprint density at radius 2 is 1.92 bits per heavy atom. The highest BCUT2D eigenvalue weighted by Crippen LogP contribution is 2.36. The van der Waals surface area contributed by atoms with E-state index in [9.17, 15) is 9.90 Å². The van der Waals surface area contributed by atoms with Crippen molar-refractivity contribution < 1.29 is 9.90 Å². The summed E-state index contributed by atoms with van der Waals surface area (Å²) in [7, 11) is 0. The number of phenolic OH excluding ortho intramolecular Hbond substituents is 1. The number of ketones is 1. The number of hydrogen-bond donors (Lipinski definition) is 1. The van der Waals surface area contributed by atoms with Crippen molar-refractivity contribution in [3.63, 3.8) is 0 Å². The van der Waals surface area contributed by atoms with Gasteiger partial charge in [-0.2, -0.15) is 0 Å². The number of rotatable bonds is 3. The van der Waals surface area contributed by atoms with Crippen molar-refractivity contribution in [1.29, 1.82) is 0 Å². The molecule has 2 aliphatic rings. The molecule has 2 aromatic rings. The van der Waals surface area contributed by atoms with Gasteiger partial charge in [-0.05, 0) is 24.6 Å². The topological polar surface area (TPSA) is 69.6 Å². The third-order valence-corrected chi connectivity index (χ3v) is 5.51. The number of para-hydroxylation sites is 1. The number of carbonyl (C=O) groups excluding carboxylic acids is 1. The van der Waals surface area contributed by atoms with Gasteiger partial charge < -0.3 is 14.9 Å². The summed E-state index contributed by atoms with van der Waals surface area (Å²) in [6, 6.07) is 7.26. The number of piperazine rings is 1. The smallest absolute Gasteiger partial charge is 0.225 e. The molecule has 0 amide bonds. The summed E-state index contributed by atoms with van der Waals surface area (Å²) >= 11 is 0. The van der Waals surface area contributed by atoms with Gasteiger partial charge >= 0.3 is 0 Å². The van der Waals surface area contributed by atoms with Gasteiger partial charge in [0.25, 0.3) is 0 Å². The summed E-state index contributed by atoms with van der Waals surface area (Å²) in [4.78, 5) is 26.4. The van der Waals surface area contributed by atoms with Crippen LogP contribution in [-0.4, -0.2) is 58.5 Å². The number of Topliss-reactive ketones (excluding diaryl/α,β-unsaturated/α-hetero) is 1. The molecule has 6 nitrogen and oxygen atoms in total.